The number of carbonyl (C=O) groups excluding carboxylic acids is 4. The fraction of sp³-hybridized carbons (Fsp3) is 0.500. The van der Waals surface area contributed by atoms with Crippen molar-refractivity contribution in [2.24, 2.45) is 5.41 Å². The molecule has 3 atom stereocenters. The van der Waals surface area contributed by atoms with Crippen LogP contribution in [0.5, 0.6) is 5.75 Å². The van der Waals surface area contributed by atoms with Gasteiger partial charge in [-0.15, -0.1) is 11.3 Å². The number of rotatable bonds is 19. The molecule has 0 aliphatic carbocycles. The third kappa shape index (κ3) is 12.9. The van der Waals surface area contributed by atoms with Crippen molar-refractivity contribution < 1.29 is 38.8 Å². The summed E-state index contributed by atoms with van der Waals surface area (Å²) < 4.78 is 12.8. The predicted molar refractivity (Wildman–Crippen MR) is 251 cm³/mol. The van der Waals surface area contributed by atoms with Gasteiger partial charge in [0.1, 0.15) is 34.4 Å². The number of nitrogen functional groups attached to an aromatic ring is 1. The number of likely N-dealkylation sites (tertiary alicyclic amines) is 1. The molecule has 4 aromatic heterocycles. The van der Waals surface area contributed by atoms with Crippen LogP contribution in [0.2, 0.25) is 0 Å². The van der Waals surface area contributed by atoms with Crippen LogP contribution in [0.1, 0.15) is 84.2 Å². The second-order valence-electron chi connectivity index (χ2n) is 17.9. The number of aliphatic hydroxyl groups is 2. The third-order valence-electron chi connectivity index (χ3n) is 10.9. The highest BCUT2D eigenvalue weighted by molar-refractivity contribution is 7.13. The van der Waals surface area contributed by atoms with E-state index in [0.717, 1.165) is 21.7 Å². The maximum absolute atomic E-state index is 14.0. The quantitative estimate of drug-likeness (QED) is 0.0463. The zero-order chi connectivity index (χ0) is 48.5. The highest BCUT2D eigenvalue weighted by Gasteiger charge is 2.44. The number of aliphatic hydroxyl groups excluding tert-OH is 1. The summed E-state index contributed by atoms with van der Waals surface area (Å²) in [4.78, 5) is 69.2. The van der Waals surface area contributed by atoms with Crippen molar-refractivity contribution in [1.29, 1.82) is 0 Å². The smallest absolute Gasteiger partial charge is 0.246 e. The fourth-order valence-electron chi connectivity index (χ4n) is 7.50. The number of anilines is 1. The van der Waals surface area contributed by atoms with Crippen LogP contribution in [0.15, 0.2) is 40.6 Å². The number of nitrogens with two attached hydrogens (primary N) is 1. The highest BCUT2D eigenvalue weighted by atomic mass is 32.1. The molecule has 1 saturated heterocycles. The first-order valence-electron chi connectivity index (χ1n) is 22.2. The Balaban J connectivity index is 0.928. The maximum atomic E-state index is 14.0. The first-order chi connectivity index (χ1) is 31.8. The molecule has 5 aromatic rings. The minimum Gasteiger partial charge on any atom is -0.490 e. The Labute approximate surface area is 392 Å². The summed E-state index contributed by atoms with van der Waals surface area (Å²) in [5, 5.41) is 40.0. The zero-order valence-corrected chi connectivity index (χ0v) is 39.8. The summed E-state index contributed by atoms with van der Waals surface area (Å²) in [5.74, 6) is 4.87. The molecule has 0 saturated carbocycles. The Bertz CT molecular complexity index is 2600. The van der Waals surface area contributed by atoms with E-state index in [0.29, 0.717) is 67.4 Å². The number of nitrogens with one attached hydrogen (secondary N) is 4. The Hall–Kier alpha value is -6.47. The van der Waals surface area contributed by atoms with Gasteiger partial charge in [-0.1, -0.05) is 51.0 Å². The lowest BCUT2D eigenvalue weighted by Crippen LogP contribution is -2.58. The van der Waals surface area contributed by atoms with Crippen LogP contribution in [-0.2, 0) is 32.3 Å². The third-order valence-corrected chi connectivity index (χ3v) is 11.9. The molecule has 1 fully saturated rings. The number of amides is 4. The van der Waals surface area contributed by atoms with Crippen LogP contribution in [0.3, 0.4) is 0 Å². The standard InChI is InChI=1S/C46H60N12O8S/c1-8-57-38-33(23-49-31(16-17-46(6,7)64)36(38)54-42(57)37-41(47)56-66-55-37)65-20-10-19-48-18-9-11-34(60)50-24-35(61)53-40(45(3,4)5)44(63)58-25-30(59)21-32(58)43(62)51-22-28-12-14-29(15-13-28)39-27(2)52-26-67-39/h12-15,23,26,30,32,40,48,59,64H,8-11,18-22,24-25H2,1-7H3,(H2,47,56)(H,50,60)(H,51,62)(H,53,61). The molecular formula is C46H60N12O8S. The molecule has 0 bridgehead atoms. The van der Waals surface area contributed by atoms with Crippen LogP contribution in [0, 0.1) is 24.2 Å². The molecule has 67 heavy (non-hydrogen) atoms. The summed E-state index contributed by atoms with van der Waals surface area (Å²) in [6, 6.07) is 5.85. The number of carbonyl (C=O) groups is 4. The lowest BCUT2D eigenvalue weighted by molar-refractivity contribution is -0.144. The molecule has 5 heterocycles. The van der Waals surface area contributed by atoms with Gasteiger partial charge in [-0.05, 0) is 86.4 Å². The van der Waals surface area contributed by atoms with Crippen molar-refractivity contribution in [2.45, 2.75) is 111 Å². The number of benzene rings is 1. The van der Waals surface area contributed by atoms with Crippen molar-refractivity contribution in [1.82, 2.24) is 56.0 Å². The number of thiazole rings is 1. The van der Waals surface area contributed by atoms with E-state index in [-0.39, 0.29) is 49.9 Å². The fourth-order valence-corrected chi connectivity index (χ4v) is 8.31. The molecule has 0 radical (unpaired) electrons. The van der Waals surface area contributed by atoms with Gasteiger partial charge in [-0.25, -0.2) is 19.6 Å². The minimum atomic E-state index is -1.25. The van der Waals surface area contributed by atoms with Gasteiger partial charge in [-0.2, -0.15) is 0 Å². The maximum Gasteiger partial charge on any atom is 0.246 e. The molecule has 1 aliphatic rings. The molecule has 358 valence electrons. The van der Waals surface area contributed by atoms with Crippen molar-refractivity contribution in [3.63, 3.8) is 0 Å². The topological polar surface area (TPSA) is 278 Å². The average Bonchev–Trinajstić information content (AvgIpc) is 4.09. The number of β-amino-alcohol motifs (C(OH)–C–C–N with tert-alkyl or cyclic N) is 1. The number of pyridine rings is 1. The van der Waals surface area contributed by atoms with Gasteiger partial charge in [0.25, 0.3) is 0 Å². The number of aromatic nitrogens is 6. The van der Waals surface area contributed by atoms with Gasteiger partial charge < -0.3 is 51.4 Å². The molecule has 20 nitrogen and oxygen atoms in total. The van der Waals surface area contributed by atoms with Gasteiger partial charge >= 0.3 is 0 Å². The number of ether oxygens (including phenoxy) is 1. The zero-order valence-electron chi connectivity index (χ0n) is 38.9. The second kappa shape index (κ2) is 21.9. The van der Waals surface area contributed by atoms with Crippen LogP contribution >= 0.6 is 11.3 Å². The molecular weight excluding hydrogens is 881 g/mol. The largest absolute Gasteiger partial charge is 0.490 e. The Morgan fingerprint density at radius 3 is 2.45 bits per heavy atom. The molecule has 1 aromatic carbocycles. The summed E-state index contributed by atoms with van der Waals surface area (Å²) in [6.45, 7) is 14.2. The van der Waals surface area contributed by atoms with Gasteiger partial charge in [0.2, 0.25) is 23.6 Å². The van der Waals surface area contributed by atoms with E-state index in [1.807, 2.05) is 42.7 Å². The lowest BCUT2D eigenvalue weighted by Gasteiger charge is -2.35. The second-order valence-corrected chi connectivity index (χ2v) is 18.8. The van der Waals surface area contributed by atoms with E-state index in [2.05, 4.69) is 53.4 Å². The molecule has 21 heteroatoms. The van der Waals surface area contributed by atoms with Gasteiger partial charge in [0.15, 0.2) is 23.1 Å². The Morgan fingerprint density at radius 1 is 1.04 bits per heavy atom. The van der Waals surface area contributed by atoms with Crippen molar-refractivity contribution >= 4 is 51.8 Å². The number of hydrogen-bond donors (Lipinski definition) is 7. The van der Waals surface area contributed by atoms with E-state index in [4.69, 9.17) is 20.1 Å². The lowest BCUT2D eigenvalue weighted by atomic mass is 9.85. The van der Waals surface area contributed by atoms with Gasteiger partial charge in [0.05, 0.1) is 41.5 Å². The number of imidazole rings is 1. The Kier molecular flexibility index (Phi) is 16.3. The van der Waals surface area contributed by atoms with E-state index in [1.54, 1.807) is 57.7 Å². The first kappa shape index (κ1) is 50.0. The number of nitrogens with zero attached hydrogens (tertiary/aromatic N) is 7. The Morgan fingerprint density at radius 2 is 1.79 bits per heavy atom. The minimum absolute atomic E-state index is 0.0530. The highest BCUT2D eigenvalue weighted by Crippen LogP contribution is 2.34. The van der Waals surface area contributed by atoms with Crippen molar-refractivity contribution in [2.75, 3.05) is 38.5 Å². The van der Waals surface area contributed by atoms with Gasteiger partial charge in [-0.3, -0.25) is 19.2 Å². The van der Waals surface area contributed by atoms with Crippen LogP contribution in [0.25, 0.3) is 33.0 Å². The molecule has 0 spiro atoms. The van der Waals surface area contributed by atoms with Crippen molar-refractivity contribution in [3.05, 3.63) is 52.9 Å². The molecule has 6 rings (SSSR count). The van der Waals surface area contributed by atoms with E-state index < -0.39 is 46.9 Å². The summed E-state index contributed by atoms with van der Waals surface area (Å²) >= 11 is 1.56. The molecule has 4 amide bonds. The summed E-state index contributed by atoms with van der Waals surface area (Å²) in [5.41, 5.74) is 10.3. The van der Waals surface area contributed by atoms with Crippen LogP contribution in [-0.4, -0.2) is 125 Å². The van der Waals surface area contributed by atoms with E-state index in [9.17, 15) is 29.4 Å². The number of fused-ring (bicyclic) bond motifs is 1. The molecule has 1 aliphatic heterocycles. The monoisotopic (exact) mass is 940 g/mol. The molecule has 3 unspecified atom stereocenters. The first-order valence-corrected chi connectivity index (χ1v) is 23.1. The van der Waals surface area contributed by atoms with Gasteiger partial charge in [0, 0.05) is 32.5 Å². The normalized spacial score (nSPS) is 15.5. The number of hydrogen-bond acceptors (Lipinski definition) is 16. The van der Waals surface area contributed by atoms with E-state index in [1.165, 1.54) is 4.90 Å². The SMILES string of the molecule is CCn1c(-c2nonc2N)nc2c(C#CC(C)(C)O)ncc(OCCCNCCCC(=O)NCC(=O)NC(C(=O)N3CC(O)CC3C(=O)NCc3ccc(-c4scnc4C)cc3)C(C)(C)C)c21. The average molecular weight is 941 g/mol. The van der Waals surface area contributed by atoms with E-state index >= 15 is 0 Å². The van der Waals surface area contributed by atoms with Crippen LogP contribution in [0.4, 0.5) is 5.82 Å². The summed E-state index contributed by atoms with van der Waals surface area (Å²) in [7, 11) is 0. The molecule has 8 N–H and O–H groups in total. The number of aryl methyl sites for hydroxylation is 2. The van der Waals surface area contributed by atoms with Crippen LogP contribution < -0.4 is 31.7 Å². The predicted octanol–water partition coefficient (Wildman–Crippen LogP) is 2.70. The summed E-state index contributed by atoms with van der Waals surface area (Å²) in [6.07, 6.45) is 2.02. The van der Waals surface area contributed by atoms with Crippen molar-refractivity contribution in [3.8, 4) is 39.5 Å².